The van der Waals surface area contributed by atoms with E-state index < -0.39 is 0 Å². The van der Waals surface area contributed by atoms with E-state index in [-0.39, 0.29) is 0 Å². The van der Waals surface area contributed by atoms with Gasteiger partial charge in [0.1, 0.15) is 0 Å². The van der Waals surface area contributed by atoms with E-state index in [4.69, 9.17) is 0 Å². The Labute approximate surface area is 96.9 Å². The fourth-order valence-electron chi connectivity index (χ4n) is 2.25. The molecule has 0 saturated heterocycles. The second-order valence-electron chi connectivity index (χ2n) is 4.59. The smallest absolute Gasteiger partial charge is 0.0417 e. The maximum absolute atomic E-state index is 3.62. The van der Waals surface area contributed by atoms with Crippen LogP contribution in [0, 0.1) is 12.8 Å². The molecule has 0 bridgehead atoms. The molecular weight excluding hydrogens is 202 g/mol. The summed E-state index contributed by atoms with van der Waals surface area (Å²) >= 11 is 1.95. The van der Waals surface area contributed by atoms with E-state index in [1.165, 1.54) is 35.4 Å². The van der Waals surface area contributed by atoms with Gasteiger partial charge in [0, 0.05) is 15.8 Å². The van der Waals surface area contributed by atoms with Gasteiger partial charge in [-0.05, 0) is 37.9 Å². The zero-order chi connectivity index (χ0) is 10.7. The molecule has 2 rings (SSSR count). The van der Waals surface area contributed by atoms with Crippen molar-refractivity contribution in [3.8, 4) is 0 Å². The second-order valence-corrected chi connectivity index (χ2v) is 5.91. The van der Waals surface area contributed by atoms with Gasteiger partial charge in [-0.15, -0.1) is 11.3 Å². The van der Waals surface area contributed by atoms with Crippen LogP contribution in [0.15, 0.2) is 12.1 Å². The molecule has 0 aromatic carbocycles. The molecule has 0 radical (unpaired) electrons. The Balaban J connectivity index is 1.97. The average molecular weight is 223 g/mol. The highest BCUT2D eigenvalue weighted by atomic mass is 32.1. The average Bonchev–Trinajstić information content (AvgIpc) is 2.56. The fraction of sp³-hybridized carbons (Fsp3) is 0.692. The predicted octanol–water partition coefficient (Wildman–Crippen LogP) is 3.90. The third-order valence-corrected chi connectivity index (χ3v) is 4.46. The Morgan fingerprint density at radius 1 is 1.47 bits per heavy atom. The largest absolute Gasteiger partial charge is 0.310 e. The second kappa shape index (κ2) is 5.13. The highest BCUT2D eigenvalue weighted by Gasteiger charge is 2.23. The van der Waals surface area contributed by atoms with Crippen LogP contribution in [0.1, 0.15) is 48.4 Å². The van der Waals surface area contributed by atoms with Crippen molar-refractivity contribution in [3.05, 3.63) is 21.9 Å². The minimum Gasteiger partial charge on any atom is -0.310 e. The molecule has 1 heterocycles. The molecule has 15 heavy (non-hydrogen) atoms. The van der Waals surface area contributed by atoms with Crippen molar-refractivity contribution in [2.24, 2.45) is 5.92 Å². The molecule has 1 N–H and O–H groups in total. The predicted molar refractivity (Wildman–Crippen MR) is 67.4 cm³/mol. The van der Waals surface area contributed by atoms with Gasteiger partial charge in [-0.1, -0.05) is 26.2 Å². The fourth-order valence-corrected chi connectivity index (χ4v) is 3.21. The monoisotopic (exact) mass is 223 g/mol. The molecule has 0 amide bonds. The van der Waals surface area contributed by atoms with Crippen molar-refractivity contribution < 1.29 is 0 Å². The molecule has 2 heteroatoms. The quantitative estimate of drug-likeness (QED) is 0.798. The molecule has 1 aliphatic rings. The summed E-state index contributed by atoms with van der Waals surface area (Å²) in [5, 5.41) is 3.62. The van der Waals surface area contributed by atoms with Gasteiger partial charge in [0.25, 0.3) is 0 Å². The number of thiophene rings is 1. The molecule has 0 aliphatic heterocycles. The minimum absolute atomic E-state index is 0.610. The maximum atomic E-state index is 3.62. The van der Waals surface area contributed by atoms with Crippen LogP contribution < -0.4 is 5.32 Å². The van der Waals surface area contributed by atoms with Crippen LogP contribution in [0.4, 0.5) is 0 Å². The molecule has 84 valence electrons. The Hall–Kier alpha value is -0.340. The lowest BCUT2D eigenvalue weighted by molar-refractivity contribution is 0.264. The van der Waals surface area contributed by atoms with Crippen molar-refractivity contribution in [2.75, 3.05) is 6.54 Å². The Bertz CT molecular complexity index is 301. The van der Waals surface area contributed by atoms with Crippen molar-refractivity contribution in [2.45, 2.75) is 45.6 Å². The topological polar surface area (TPSA) is 12.0 Å². The molecular formula is C13H21NS. The van der Waals surface area contributed by atoms with E-state index in [0.717, 1.165) is 12.5 Å². The highest BCUT2D eigenvalue weighted by molar-refractivity contribution is 7.12. The van der Waals surface area contributed by atoms with Crippen LogP contribution in [0.5, 0.6) is 0 Å². The van der Waals surface area contributed by atoms with Crippen molar-refractivity contribution >= 4 is 11.3 Å². The van der Waals surface area contributed by atoms with Gasteiger partial charge in [0.2, 0.25) is 0 Å². The van der Waals surface area contributed by atoms with Gasteiger partial charge in [-0.2, -0.15) is 0 Å². The van der Waals surface area contributed by atoms with Gasteiger partial charge in [-0.3, -0.25) is 0 Å². The summed E-state index contributed by atoms with van der Waals surface area (Å²) in [5.41, 5.74) is 0. The third-order valence-electron chi connectivity index (χ3n) is 3.35. The summed E-state index contributed by atoms with van der Waals surface area (Å²) in [7, 11) is 0. The first-order chi connectivity index (χ1) is 7.29. The number of nitrogens with one attached hydrogen (secondary N) is 1. The summed E-state index contributed by atoms with van der Waals surface area (Å²) in [4.78, 5) is 2.96. The molecule has 1 saturated carbocycles. The zero-order valence-electron chi connectivity index (χ0n) is 9.75. The number of rotatable bonds is 5. The summed E-state index contributed by atoms with van der Waals surface area (Å²) in [6.07, 6.45) is 5.69. The van der Waals surface area contributed by atoms with Gasteiger partial charge >= 0.3 is 0 Å². The van der Waals surface area contributed by atoms with Crippen LogP contribution in [0.2, 0.25) is 0 Å². The molecule has 0 spiro atoms. The standard InChI is InChI=1S/C13H21NS/c1-3-14-12(9-11-5-4-6-11)13-8-7-10(2)15-13/h7-8,11-12,14H,3-6,9H2,1-2H3. The highest BCUT2D eigenvalue weighted by Crippen LogP contribution is 2.36. The van der Waals surface area contributed by atoms with E-state index in [2.05, 4.69) is 31.3 Å². The van der Waals surface area contributed by atoms with Gasteiger partial charge in [0.15, 0.2) is 0 Å². The van der Waals surface area contributed by atoms with Crippen LogP contribution in [-0.2, 0) is 0 Å². The molecule has 1 aromatic rings. The lowest BCUT2D eigenvalue weighted by Crippen LogP contribution is -2.25. The summed E-state index contributed by atoms with van der Waals surface area (Å²) in [5.74, 6) is 0.983. The number of hydrogen-bond acceptors (Lipinski definition) is 2. The van der Waals surface area contributed by atoms with E-state index in [0.29, 0.717) is 6.04 Å². The van der Waals surface area contributed by atoms with E-state index in [1.54, 1.807) is 0 Å². The van der Waals surface area contributed by atoms with Crippen LogP contribution >= 0.6 is 11.3 Å². The third kappa shape index (κ3) is 2.82. The lowest BCUT2D eigenvalue weighted by atomic mass is 9.80. The van der Waals surface area contributed by atoms with Gasteiger partial charge < -0.3 is 5.32 Å². The van der Waals surface area contributed by atoms with E-state index in [9.17, 15) is 0 Å². The molecule has 1 atom stereocenters. The molecule has 1 nitrogen and oxygen atoms in total. The van der Waals surface area contributed by atoms with Crippen molar-refractivity contribution in [1.82, 2.24) is 5.32 Å². The SMILES string of the molecule is CCNC(CC1CCC1)c1ccc(C)s1. The zero-order valence-corrected chi connectivity index (χ0v) is 10.6. The van der Waals surface area contributed by atoms with E-state index in [1.807, 2.05) is 11.3 Å². The first-order valence-corrected chi connectivity index (χ1v) is 6.91. The van der Waals surface area contributed by atoms with E-state index >= 15 is 0 Å². The first kappa shape index (κ1) is 11.2. The molecule has 1 aliphatic carbocycles. The van der Waals surface area contributed by atoms with Crippen molar-refractivity contribution in [1.29, 1.82) is 0 Å². The minimum atomic E-state index is 0.610. The van der Waals surface area contributed by atoms with Crippen LogP contribution in [0.25, 0.3) is 0 Å². The number of hydrogen-bond donors (Lipinski definition) is 1. The Morgan fingerprint density at radius 3 is 2.73 bits per heavy atom. The summed E-state index contributed by atoms with van der Waals surface area (Å²) in [6.45, 7) is 5.48. The normalized spacial score (nSPS) is 18.8. The van der Waals surface area contributed by atoms with Gasteiger partial charge in [-0.25, -0.2) is 0 Å². The Kier molecular flexibility index (Phi) is 3.81. The summed E-state index contributed by atoms with van der Waals surface area (Å²) < 4.78 is 0. The lowest BCUT2D eigenvalue weighted by Gasteiger charge is -2.29. The Morgan fingerprint density at radius 2 is 2.27 bits per heavy atom. The van der Waals surface area contributed by atoms with Crippen LogP contribution in [-0.4, -0.2) is 6.54 Å². The van der Waals surface area contributed by atoms with Gasteiger partial charge in [0.05, 0.1) is 0 Å². The summed E-state index contributed by atoms with van der Waals surface area (Å²) in [6, 6.07) is 5.15. The molecule has 1 fully saturated rings. The number of aryl methyl sites for hydroxylation is 1. The first-order valence-electron chi connectivity index (χ1n) is 6.09. The molecule has 1 unspecified atom stereocenters. The van der Waals surface area contributed by atoms with Crippen LogP contribution in [0.3, 0.4) is 0 Å². The molecule has 1 aromatic heterocycles. The van der Waals surface area contributed by atoms with Crippen molar-refractivity contribution in [3.63, 3.8) is 0 Å². The maximum Gasteiger partial charge on any atom is 0.0417 e.